The summed E-state index contributed by atoms with van der Waals surface area (Å²) >= 11 is 0. The first-order valence-electron chi connectivity index (χ1n) is 6.30. The topological polar surface area (TPSA) is 46.2 Å². The second-order valence-electron chi connectivity index (χ2n) is 5.83. The van der Waals surface area contributed by atoms with Crippen LogP contribution in [0.25, 0.3) is 0 Å². The molecule has 0 saturated heterocycles. The van der Waals surface area contributed by atoms with Crippen molar-refractivity contribution in [2.24, 2.45) is 11.8 Å². The summed E-state index contributed by atoms with van der Waals surface area (Å²) in [6.07, 6.45) is 5.83. The molecule has 0 radical (unpaired) electrons. The van der Waals surface area contributed by atoms with Gasteiger partial charge in [0.1, 0.15) is 5.78 Å². The first-order valence-corrected chi connectivity index (χ1v) is 6.30. The van der Waals surface area contributed by atoms with Gasteiger partial charge < -0.3 is 5.32 Å². The van der Waals surface area contributed by atoms with Crippen LogP contribution in [0.3, 0.4) is 0 Å². The number of hydrogen-bond acceptors (Lipinski definition) is 2. The van der Waals surface area contributed by atoms with Gasteiger partial charge in [0.25, 0.3) is 0 Å². The third-order valence-electron chi connectivity index (χ3n) is 2.99. The first-order chi connectivity index (χ1) is 7.83. The highest BCUT2D eigenvalue weighted by Gasteiger charge is 2.33. The lowest BCUT2D eigenvalue weighted by Gasteiger charge is -2.26. The Morgan fingerprint density at radius 1 is 1.47 bits per heavy atom. The molecule has 0 bridgehead atoms. The fraction of sp³-hybridized carbons (Fsp3) is 0.714. The molecule has 1 N–H and O–H groups in total. The molecule has 17 heavy (non-hydrogen) atoms. The minimum Gasteiger partial charge on any atom is -0.351 e. The molecule has 0 heterocycles. The highest BCUT2D eigenvalue weighted by Crippen LogP contribution is 2.30. The van der Waals surface area contributed by atoms with Crippen LogP contribution in [0.4, 0.5) is 0 Å². The summed E-state index contributed by atoms with van der Waals surface area (Å²) in [7, 11) is 0. The van der Waals surface area contributed by atoms with E-state index in [-0.39, 0.29) is 29.1 Å². The average Bonchev–Trinajstić information content (AvgIpc) is 2.58. The van der Waals surface area contributed by atoms with Gasteiger partial charge in [-0.15, -0.1) is 0 Å². The number of ketones is 1. The van der Waals surface area contributed by atoms with Crippen LogP contribution >= 0.6 is 0 Å². The summed E-state index contributed by atoms with van der Waals surface area (Å²) in [6.45, 7) is 7.82. The van der Waals surface area contributed by atoms with Crippen LogP contribution in [-0.2, 0) is 9.59 Å². The van der Waals surface area contributed by atoms with E-state index in [0.29, 0.717) is 12.8 Å². The second-order valence-corrected chi connectivity index (χ2v) is 5.83. The number of carbonyl (C=O) groups is 2. The maximum Gasteiger partial charge on any atom is 0.227 e. The van der Waals surface area contributed by atoms with E-state index in [4.69, 9.17) is 0 Å². The van der Waals surface area contributed by atoms with Crippen LogP contribution in [0.1, 0.15) is 47.0 Å². The van der Waals surface area contributed by atoms with Crippen molar-refractivity contribution in [3.05, 3.63) is 12.2 Å². The molecule has 1 amide bonds. The van der Waals surface area contributed by atoms with Crippen molar-refractivity contribution < 1.29 is 9.59 Å². The fourth-order valence-corrected chi connectivity index (χ4v) is 2.27. The lowest BCUT2D eigenvalue weighted by molar-refractivity contribution is -0.126. The Labute approximate surface area is 104 Å². The fourth-order valence-electron chi connectivity index (χ4n) is 2.27. The number of Topliss-reactive ketones (excluding diaryl/α,β-unsaturated/α-hetero) is 1. The van der Waals surface area contributed by atoms with Gasteiger partial charge >= 0.3 is 0 Å². The predicted molar refractivity (Wildman–Crippen MR) is 68.5 cm³/mol. The summed E-state index contributed by atoms with van der Waals surface area (Å²) < 4.78 is 0. The highest BCUT2D eigenvalue weighted by atomic mass is 16.2. The van der Waals surface area contributed by atoms with Crippen molar-refractivity contribution >= 4 is 11.7 Å². The molecule has 1 aliphatic rings. The maximum absolute atomic E-state index is 12.2. The molecule has 0 spiro atoms. The SMILES string of the molecule is C/C=C/C(C(=O)NC(C)(C)C)C1CCC(=O)C1. The Balaban J connectivity index is 2.72. The predicted octanol–water partition coefficient (Wildman–Crippen LogP) is 2.46. The summed E-state index contributed by atoms with van der Waals surface area (Å²) in [5.41, 5.74) is -0.223. The van der Waals surface area contributed by atoms with E-state index >= 15 is 0 Å². The molecule has 1 saturated carbocycles. The van der Waals surface area contributed by atoms with Crippen LogP contribution in [0.15, 0.2) is 12.2 Å². The van der Waals surface area contributed by atoms with Crippen LogP contribution in [-0.4, -0.2) is 17.2 Å². The van der Waals surface area contributed by atoms with E-state index < -0.39 is 0 Å². The van der Waals surface area contributed by atoms with Crippen molar-refractivity contribution in [1.82, 2.24) is 5.32 Å². The van der Waals surface area contributed by atoms with Crippen molar-refractivity contribution in [3.8, 4) is 0 Å². The van der Waals surface area contributed by atoms with Crippen LogP contribution in [0, 0.1) is 11.8 Å². The lowest BCUT2D eigenvalue weighted by Crippen LogP contribution is -2.44. The Hall–Kier alpha value is -1.12. The first kappa shape index (κ1) is 13.9. The summed E-state index contributed by atoms with van der Waals surface area (Å²) in [5, 5.41) is 2.99. The Morgan fingerprint density at radius 2 is 2.12 bits per heavy atom. The molecule has 1 rings (SSSR count). The van der Waals surface area contributed by atoms with Gasteiger partial charge in [-0.1, -0.05) is 12.2 Å². The second kappa shape index (κ2) is 5.48. The van der Waals surface area contributed by atoms with Gasteiger partial charge in [0, 0.05) is 18.4 Å². The number of nitrogens with one attached hydrogen (secondary N) is 1. The minimum atomic E-state index is -0.223. The molecule has 1 aliphatic carbocycles. The number of amides is 1. The van der Waals surface area contributed by atoms with Crippen LogP contribution in [0.2, 0.25) is 0 Å². The summed E-state index contributed by atoms with van der Waals surface area (Å²) in [4.78, 5) is 23.5. The quantitative estimate of drug-likeness (QED) is 0.766. The van der Waals surface area contributed by atoms with Gasteiger partial charge in [0.15, 0.2) is 0 Å². The van der Waals surface area contributed by atoms with Gasteiger partial charge in [0.05, 0.1) is 5.92 Å². The van der Waals surface area contributed by atoms with E-state index in [9.17, 15) is 9.59 Å². The Morgan fingerprint density at radius 3 is 2.53 bits per heavy atom. The number of hydrogen-bond donors (Lipinski definition) is 1. The molecule has 3 heteroatoms. The monoisotopic (exact) mass is 237 g/mol. The van der Waals surface area contributed by atoms with Crippen molar-refractivity contribution in [1.29, 1.82) is 0 Å². The number of carbonyl (C=O) groups excluding carboxylic acids is 2. The van der Waals surface area contributed by atoms with Gasteiger partial charge in [-0.2, -0.15) is 0 Å². The molecule has 0 aromatic heterocycles. The largest absolute Gasteiger partial charge is 0.351 e. The van der Waals surface area contributed by atoms with Crippen molar-refractivity contribution in [3.63, 3.8) is 0 Å². The number of rotatable bonds is 3. The highest BCUT2D eigenvalue weighted by molar-refractivity contribution is 5.85. The van der Waals surface area contributed by atoms with Crippen LogP contribution < -0.4 is 5.32 Å². The molecule has 1 fully saturated rings. The van der Waals surface area contributed by atoms with Crippen LogP contribution in [0.5, 0.6) is 0 Å². The Kier molecular flexibility index (Phi) is 4.49. The molecule has 2 unspecified atom stereocenters. The number of allylic oxidation sites excluding steroid dienone is 1. The molecular weight excluding hydrogens is 214 g/mol. The smallest absolute Gasteiger partial charge is 0.227 e. The van der Waals surface area contributed by atoms with Crippen molar-refractivity contribution in [2.45, 2.75) is 52.5 Å². The van der Waals surface area contributed by atoms with Gasteiger partial charge in [-0.25, -0.2) is 0 Å². The molecular formula is C14H23NO2. The third-order valence-corrected chi connectivity index (χ3v) is 2.99. The summed E-state index contributed by atoms with van der Waals surface area (Å²) in [6, 6.07) is 0. The van der Waals surface area contributed by atoms with Crippen molar-refractivity contribution in [2.75, 3.05) is 0 Å². The third kappa shape index (κ3) is 4.33. The van der Waals surface area contributed by atoms with E-state index in [1.165, 1.54) is 0 Å². The Bertz CT molecular complexity index is 326. The molecule has 96 valence electrons. The minimum absolute atomic E-state index is 0.0373. The zero-order chi connectivity index (χ0) is 13.1. The van der Waals surface area contributed by atoms with E-state index in [0.717, 1.165) is 6.42 Å². The molecule has 2 atom stereocenters. The standard InChI is InChI=1S/C14H23NO2/c1-5-6-12(10-7-8-11(16)9-10)13(17)15-14(2,3)4/h5-6,10,12H,7-9H2,1-4H3,(H,15,17)/b6-5+. The zero-order valence-electron chi connectivity index (χ0n) is 11.2. The van der Waals surface area contributed by atoms with Gasteiger partial charge in [0.2, 0.25) is 5.91 Å². The molecule has 0 aromatic carbocycles. The molecule has 0 aliphatic heterocycles. The van der Waals surface area contributed by atoms with E-state index in [1.807, 2.05) is 39.8 Å². The molecule has 0 aromatic rings. The zero-order valence-corrected chi connectivity index (χ0v) is 11.2. The lowest BCUT2D eigenvalue weighted by atomic mass is 9.89. The normalized spacial score (nSPS) is 23.1. The van der Waals surface area contributed by atoms with E-state index in [1.54, 1.807) is 0 Å². The average molecular weight is 237 g/mol. The molecule has 3 nitrogen and oxygen atoms in total. The van der Waals surface area contributed by atoms with Gasteiger partial charge in [-0.3, -0.25) is 9.59 Å². The maximum atomic E-state index is 12.2. The summed E-state index contributed by atoms with van der Waals surface area (Å²) in [5.74, 6) is 0.343. The van der Waals surface area contributed by atoms with E-state index in [2.05, 4.69) is 5.32 Å². The van der Waals surface area contributed by atoms with Gasteiger partial charge in [-0.05, 0) is 40.0 Å².